The molecular weight excluding hydrogens is 274 g/mol. The van der Waals surface area contributed by atoms with Gasteiger partial charge in [-0.1, -0.05) is 24.3 Å². The standard InChI is InChI=1S/C19H23NO2/c1-13-10-15(3)18(11-14(13)2)19(21)20-16(4)12-22-17-8-6-5-7-9-17/h5-11,16H,12H2,1-4H3,(H,20,21)/t16-/m1/s1. The van der Waals surface area contributed by atoms with Crippen LogP contribution in [0.3, 0.4) is 0 Å². The SMILES string of the molecule is Cc1cc(C)c(C(=O)N[C@H](C)COc2ccccc2)cc1C. The van der Waals surface area contributed by atoms with E-state index in [0.717, 1.165) is 22.4 Å². The van der Waals surface area contributed by atoms with E-state index in [1.165, 1.54) is 5.56 Å². The second-order valence-corrected chi connectivity index (χ2v) is 5.75. The van der Waals surface area contributed by atoms with E-state index in [2.05, 4.69) is 18.3 Å². The van der Waals surface area contributed by atoms with Crippen LogP contribution in [0.1, 0.15) is 34.0 Å². The fourth-order valence-electron chi connectivity index (χ4n) is 2.29. The molecule has 0 bridgehead atoms. The van der Waals surface area contributed by atoms with Crippen molar-refractivity contribution in [2.24, 2.45) is 0 Å². The maximum absolute atomic E-state index is 12.4. The van der Waals surface area contributed by atoms with Crippen LogP contribution in [0.4, 0.5) is 0 Å². The molecule has 2 aromatic rings. The van der Waals surface area contributed by atoms with Gasteiger partial charge >= 0.3 is 0 Å². The Balaban J connectivity index is 1.95. The molecule has 0 fully saturated rings. The molecule has 0 saturated carbocycles. The first kappa shape index (κ1) is 16.1. The molecular formula is C19H23NO2. The van der Waals surface area contributed by atoms with Gasteiger partial charge in [0.05, 0.1) is 6.04 Å². The largest absolute Gasteiger partial charge is 0.491 e. The molecule has 0 aliphatic carbocycles. The third-order valence-corrected chi connectivity index (χ3v) is 3.71. The summed E-state index contributed by atoms with van der Waals surface area (Å²) in [7, 11) is 0. The Labute approximate surface area is 132 Å². The number of para-hydroxylation sites is 1. The maximum atomic E-state index is 12.4. The van der Waals surface area contributed by atoms with Crippen LogP contribution in [-0.2, 0) is 0 Å². The molecule has 1 atom stereocenters. The van der Waals surface area contributed by atoms with Crippen LogP contribution in [0.15, 0.2) is 42.5 Å². The summed E-state index contributed by atoms with van der Waals surface area (Å²) in [5.74, 6) is 0.760. The quantitative estimate of drug-likeness (QED) is 0.911. The highest BCUT2D eigenvalue weighted by molar-refractivity contribution is 5.96. The normalized spacial score (nSPS) is 11.8. The molecule has 3 heteroatoms. The molecule has 0 heterocycles. The predicted octanol–water partition coefficient (Wildman–Crippen LogP) is 3.81. The second-order valence-electron chi connectivity index (χ2n) is 5.75. The van der Waals surface area contributed by atoms with Gasteiger partial charge in [0.25, 0.3) is 5.91 Å². The van der Waals surface area contributed by atoms with Gasteiger partial charge in [0.1, 0.15) is 12.4 Å². The first-order valence-electron chi connectivity index (χ1n) is 7.54. The van der Waals surface area contributed by atoms with Crippen LogP contribution in [-0.4, -0.2) is 18.6 Å². The van der Waals surface area contributed by atoms with Gasteiger partial charge in [-0.15, -0.1) is 0 Å². The van der Waals surface area contributed by atoms with Crippen molar-refractivity contribution >= 4 is 5.91 Å². The van der Waals surface area contributed by atoms with Crippen LogP contribution in [0.25, 0.3) is 0 Å². The average molecular weight is 297 g/mol. The summed E-state index contributed by atoms with van der Waals surface area (Å²) in [5, 5.41) is 2.99. The summed E-state index contributed by atoms with van der Waals surface area (Å²) < 4.78 is 5.66. The van der Waals surface area contributed by atoms with Crippen molar-refractivity contribution in [3.8, 4) is 5.75 Å². The van der Waals surface area contributed by atoms with E-state index >= 15 is 0 Å². The third-order valence-electron chi connectivity index (χ3n) is 3.71. The van der Waals surface area contributed by atoms with E-state index in [1.807, 2.05) is 57.2 Å². The Kier molecular flexibility index (Phi) is 5.21. The van der Waals surface area contributed by atoms with Crippen molar-refractivity contribution < 1.29 is 9.53 Å². The highest BCUT2D eigenvalue weighted by Gasteiger charge is 2.13. The molecule has 3 nitrogen and oxygen atoms in total. The highest BCUT2D eigenvalue weighted by atomic mass is 16.5. The number of aryl methyl sites for hydroxylation is 3. The van der Waals surface area contributed by atoms with Gasteiger partial charge in [0.2, 0.25) is 0 Å². The molecule has 0 aromatic heterocycles. The second kappa shape index (κ2) is 7.12. The van der Waals surface area contributed by atoms with Gasteiger partial charge in [-0.3, -0.25) is 4.79 Å². The molecule has 1 N–H and O–H groups in total. The minimum absolute atomic E-state index is 0.0511. The van der Waals surface area contributed by atoms with Crippen LogP contribution >= 0.6 is 0 Å². The molecule has 22 heavy (non-hydrogen) atoms. The van der Waals surface area contributed by atoms with Crippen molar-refractivity contribution in [3.63, 3.8) is 0 Å². The fraction of sp³-hybridized carbons (Fsp3) is 0.316. The van der Waals surface area contributed by atoms with Crippen molar-refractivity contribution in [2.45, 2.75) is 33.7 Å². The first-order valence-corrected chi connectivity index (χ1v) is 7.54. The van der Waals surface area contributed by atoms with Crippen molar-refractivity contribution in [3.05, 3.63) is 64.7 Å². The lowest BCUT2D eigenvalue weighted by molar-refractivity contribution is 0.0926. The van der Waals surface area contributed by atoms with Crippen LogP contribution in [0, 0.1) is 20.8 Å². The van der Waals surface area contributed by atoms with E-state index in [-0.39, 0.29) is 11.9 Å². The molecule has 0 aliphatic rings. The number of amides is 1. The predicted molar refractivity (Wildman–Crippen MR) is 89.5 cm³/mol. The Morgan fingerprint density at radius 1 is 1.05 bits per heavy atom. The topological polar surface area (TPSA) is 38.3 Å². The Bertz CT molecular complexity index is 650. The molecule has 0 radical (unpaired) electrons. The summed E-state index contributed by atoms with van der Waals surface area (Å²) in [4.78, 5) is 12.4. The fourth-order valence-corrected chi connectivity index (χ4v) is 2.29. The first-order chi connectivity index (χ1) is 10.5. The van der Waals surface area contributed by atoms with E-state index in [1.54, 1.807) is 0 Å². The number of nitrogens with one attached hydrogen (secondary N) is 1. The third kappa shape index (κ3) is 4.10. The summed E-state index contributed by atoms with van der Waals surface area (Å²) in [6.45, 7) is 8.43. The Morgan fingerprint density at radius 2 is 1.68 bits per heavy atom. The monoisotopic (exact) mass is 297 g/mol. The zero-order chi connectivity index (χ0) is 16.1. The molecule has 0 aliphatic heterocycles. The number of benzene rings is 2. The van der Waals surface area contributed by atoms with E-state index in [0.29, 0.717) is 6.61 Å². The highest BCUT2D eigenvalue weighted by Crippen LogP contribution is 2.15. The Morgan fingerprint density at radius 3 is 2.36 bits per heavy atom. The zero-order valence-electron chi connectivity index (χ0n) is 13.6. The number of rotatable bonds is 5. The smallest absolute Gasteiger partial charge is 0.251 e. The van der Waals surface area contributed by atoms with Gasteiger partial charge < -0.3 is 10.1 Å². The number of hydrogen-bond acceptors (Lipinski definition) is 2. The van der Waals surface area contributed by atoms with Gasteiger partial charge in [0.15, 0.2) is 0 Å². The molecule has 2 rings (SSSR count). The Hall–Kier alpha value is -2.29. The molecule has 1 amide bonds. The molecule has 2 aromatic carbocycles. The van der Waals surface area contributed by atoms with Gasteiger partial charge in [0, 0.05) is 5.56 Å². The lowest BCUT2D eigenvalue weighted by atomic mass is 10.0. The summed E-state index contributed by atoms with van der Waals surface area (Å²) in [6, 6.07) is 13.5. The van der Waals surface area contributed by atoms with Crippen molar-refractivity contribution in [1.29, 1.82) is 0 Å². The van der Waals surface area contributed by atoms with E-state index < -0.39 is 0 Å². The molecule has 116 valence electrons. The van der Waals surface area contributed by atoms with E-state index in [9.17, 15) is 4.79 Å². The summed E-state index contributed by atoms with van der Waals surface area (Å²) in [6.07, 6.45) is 0. The molecule has 0 saturated heterocycles. The molecule has 0 spiro atoms. The van der Waals surface area contributed by atoms with Crippen molar-refractivity contribution in [2.75, 3.05) is 6.61 Å². The zero-order valence-corrected chi connectivity index (χ0v) is 13.6. The minimum Gasteiger partial charge on any atom is -0.491 e. The van der Waals surface area contributed by atoms with Gasteiger partial charge in [-0.25, -0.2) is 0 Å². The van der Waals surface area contributed by atoms with Crippen LogP contribution < -0.4 is 10.1 Å². The average Bonchev–Trinajstić information content (AvgIpc) is 2.50. The maximum Gasteiger partial charge on any atom is 0.251 e. The summed E-state index contributed by atoms with van der Waals surface area (Å²) >= 11 is 0. The molecule has 0 unspecified atom stereocenters. The van der Waals surface area contributed by atoms with Crippen molar-refractivity contribution in [1.82, 2.24) is 5.32 Å². The lowest BCUT2D eigenvalue weighted by Gasteiger charge is -2.16. The minimum atomic E-state index is -0.0614. The number of hydrogen-bond donors (Lipinski definition) is 1. The van der Waals surface area contributed by atoms with Crippen LogP contribution in [0.5, 0.6) is 5.75 Å². The number of ether oxygens (including phenoxy) is 1. The lowest BCUT2D eigenvalue weighted by Crippen LogP contribution is -2.37. The van der Waals surface area contributed by atoms with E-state index in [4.69, 9.17) is 4.74 Å². The van der Waals surface area contributed by atoms with Gasteiger partial charge in [-0.2, -0.15) is 0 Å². The van der Waals surface area contributed by atoms with Crippen LogP contribution in [0.2, 0.25) is 0 Å². The van der Waals surface area contributed by atoms with Gasteiger partial charge in [-0.05, 0) is 62.6 Å². The summed E-state index contributed by atoms with van der Waals surface area (Å²) in [5.41, 5.74) is 4.06. The number of carbonyl (C=O) groups is 1. The number of carbonyl (C=O) groups excluding carboxylic acids is 1.